The van der Waals surface area contributed by atoms with Crippen molar-refractivity contribution in [1.82, 2.24) is 9.80 Å². The zero-order chi connectivity index (χ0) is 14.1. The smallest absolute Gasteiger partial charge is 0.233 e. The molecule has 2 amide bonds. The number of hydrogen-bond acceptors (Lipinski definition) is 3. The van der Waals surface area contributed by atoms with Gasteiger partial charge in [0.25, 0.3) is 0 Å². The third-order valence-electron chi connectivity index (χ3n) is 4.75. The molecule has 0 aromatic rings. The number of rotatable bonds is 3. The molecule has 110 valence electrons. The lowest BCUT2D eigenvalue weighted by Crippen LogP contribution is -2.40. The summed E-state index contributed by atoms with van der Waals surface area (Å²) in [5.41, 5.74) is 0. The lowest BCUT2D eigenvalue weighted by molar-refractivity contribution is -0.140. The van der Waals surface area contributed by atoms with Crippen LogP contribution in [-0.4, -0.2) is 47.8 Å². The highest BCUT2D eigenvalue weighted by Crippen LogP contribution is 2.38. The van der Waals surface area contributed by atoms with E-state index in [-0.39, 0.29) is 23.7 Å². The first-order valence-corrected chi connectivity index (χ1v) is 7.96. The van der Waals surface area contributed by atoms with Crippen molar-refractivity contribution in [3.63, 3.8) is 0 Å². The molecule has 2 heterocycles. The van der Waals surface area contributed by atoms with Gasteiger partial charge in [-0.2, -0.15) is 0 Å². The van der Waals surface area contributed by atoms with Crippen LogP contribution >= 0.6 is 11.6 Å². The number of carbonyl (C=O) groups excluding carboxylic acids is 2. The SMILES string of the molecule is O=C1[C@@H]2CC=C(Cl)C[C@H]2C(=O)N1CCN1CCCCC1. The first kappa shape index (κ1) is 14.1. The molecule has 0 bridgehead atoms. The van der Waals surface area contributed by atoms with Crippen LogP contribution in [-0.2, 0) is 9.59 Å². The van der Waals surface area contributed by atoms with E-state index >= 15 is 0 Å². The number of likely N-dealkylation sites (tertiary alicyclic amines) is 2. The van der Waals surface area contributed by atoms with E-state index in [9.17, 15) is 9.59 Å². The molecule has 1 aliphatic carbocycles. The second-order valence-corrected chi connectivity index (χ2v) is 6.52. The Morgan fingerprint density at radius 1 is 1.05 bits per heavy atom. The first-order valence-electron chi connectivity index (χ1n) is 7.59. The summed E-state index contributed by atoms with van der Waals surface area (Å²) in [5, 5.41) is 0.727. The summed E-state index contributed by atoms with van der Waals surface area (Å²) in [6.07, 6.45) is 6.80. The van der Waals surface area contributed by atoms with E-state index in [0.717, 1.165) is 24.7 Å². The van der Waals surface area contributed by atoms with Crippen molar-refractivity contribution in [3.8, 4) is 0 Å². The second-order valence-electron chi connectivity index (χ2n) is 6.03. The van der Waals surface area contributed by atoms with E-state index in [1.54, 1.807) is 0 Å². The topological polar surface area (TPSA) is 40.6 Å². The number of nitrogens with zero attached hydrogens (tertiary/aromatic N) is 2. The highest BCUT2D eigenvalue weighted by atomic mass is 35.5. The van der Waals surface area contributed by atoms with Gasteiger partial charge in [-0.15, -0.1) is 0 Å². The lowest BCUT2D eigenvalue weighted by atomic mass is 9.85. The number of piperidine rings is 1. The molecule has 0 unspecified atom stereocenters. The van der Waals surface area contributed by atoms with Crippen molar-refractivity contribution in [1.29, 1.82) is 0 Å². The molecule has 3 rings (SSSR count). The van der Waals surface area contributed by atoms with Gasteiger partial charge in [0.15, 0.2) is 0 Å². The molecular formula is C15H21ClN2O2. The normalized spacial score (nSPS) is 31.4. The summed E-state index contributed by atoms with van der Waals surface area (Å²) in [6, 6.07) is 0. The predicted molar refractivity (Wildman–Crippen MR) is 77.2 cm³/mol. The summed E-state index contributed by atoms with van der Waals surface area (Å²) in [6.45, 7) is 3.55. The summed E-state index contributed by atoms with van der Waals surface area (Å²) in [5.74, 6) is -0.367. The number of fused-ring (bicyclic) bond motifs is 1. The van der Waals surface area contributed by atoms with E-state index in [2.05, 4.69) is 4.90 Å². The standard InChI is InChI=1S/C15H21ClN2O2/c16-11-4-5-12-13(10-11)15(20)18(14(12)19)9-8-17-6-2-1-3-7-17/h4,12-13H,1-3,5-10H2/t12-,13-/m1/s1. The van der Waals surface area contributed by atoms with E-state index in [1.807, 2.05) is 6.08 Å². The Morgan fingerprint density at radius 3 is 2.50 bits per heavy atom. The molecule has 2 fully saturated rings. The lowest BCUT2D eigenvalue weighted by Gasteiger charge is -2.28. The third-order valence-corrected chi connectivity index (χ3v) is 5.06. The van der Waals surface area contributed by atoms with Crippen LogP contribution in [0.1, 0.15) is 32.1 Å². The minimum Gasteiger partial charge on any atom is -0.302 e. The van der Waals surface area contributed by atoms with Crippen LogP contribution in [0.3, 0.4) is 0 Å². The predicted octanol–water partition coefficient (Wildman–Crippen LogP) is 1.99. The Bertz CT molecular complexity index is 443. The highest BCUT2D eigenvalue weighted by Gasteiger charge is 2.48. The van der Waals surface area contributed by atoms with Crippen molar-refractivity contribution in [2.45, 2.75) is 32.1 Å². The quantitative estimate of drug-likeness (QED) is 0.748. The van der Waals surface area contributed by atoms with Crippen molar-refractivity contribution in [2.24, 2.45) is 11.8 Å². The Morgan fingerprint density at radius 2 is 1.75 bits per heavy atom. The van der Waals surface area contributed by atoms with E-state index < -0.39 is 0 Å². The van der Waals surface area contributed by atoms with Crippen LogP contribution in [0.15, 0.2) is 11.1 Å². The molecule has 0 saturated carbocycles. The Kier molecular flexibility index (Phi) is 4.13. The average Bonchev–Trinajstić information content (AvgIpc) is 2.70. The Labute approximate surface area is 124 Å². The van der Waals surface area contributed by atoms with Crippen LogP contribution in [0.4, 0.5) is 0 Å². The van der Waals surface area contributed by atoms with Gasteiger partial charge in [-0.3, -0.25) is 14.5 Å². The maximum absolute atomic E-state index is 12.4. The van der Waals surface area contributed by atoms with Crippen molar-refractivity contribution < 1.29 is 9.59 Å². The van der Waals surface area contributed by atoms with Gasteiger partial charge in [-0.1, -0.05) is 24.1 Å². The van der Waals surface area contributed by atoms with Crippen molar-refractivity contribution in [3.05, 3.63) is 11.1 Å². The fourth-order valence-corrected chi connectivity index (χ4v) is 3.80. The average molecular weight is 297 g/mol. The maximum atomic E-state index is 12.4. The van der Waals surface area contributed by atoms with Crippen molar-refractivity contribution in [2.75, 3.05) is 26.2 Å². The van der Waals surface area contributed by atoms with Gasteiger partial charge in [0.1, 0.15) is 0 Å². The minimum atomic E-state index is -0.207. The summed E-state index contributed by atoms with van der Waals surface area (Å²) in [4.78, 5) is 28.6. The van der Waals surface area contributed by atoms with Gasteiger partial charge in [0, 0.05) is 18.1 Å². The zero-order valence-electron chi connectivity index (χ0n) is 11.7. The number of carbonyl (C=O) groups is 2. The van der Waals surface area contributed by atoms with Gasteiger partial charge in [-0.05, 0) is 38.8 Å². The molecule has 3 aliphatic rings. The van der Waals surface area contributed by atoms with Crippen LogP contribution in [0.5, 0.6) is 0 Å². The molecule has 0 spiro atoms. The first-order chi connectivity index (χ1) is 9.66. The highest BCUT2D eigenvalue weighted by molar-refractivity contribution is 6.30. The zero-order valence-corrected chi connectivity index (χ0v) is 12.4. The van der Waals surface area contributed by atoms with E-state index in [4.69, 9.17) is 11.6 Å². The van der Waals surface area contributed by atoms with Gasteiger partial charge >= 0.3 is 0 Å². The number of amides is 2. The summed E-state index contributed by atoms with van der Waals surface area (Å²) >= 11 is 6.01. The molecule has 0 radical (unpaired) electrons. The Balaban J connectivity index is 1.60. The molecule has 0 aromatic carbocycles. The van der Waals surface area contributed by atoms with Crippen molar-refractivity contribution >= 4 is 23.4 Å². The van der Waals surface area contributed by atoms with Gasteiger partial charge < -0.3 is 4.90 Å². The molecule has 4 nitrogen and oxygen atoms in total. The number of allylic oxidation sites excluding steroid dienone is 2. The van der Waals surface area contributed by atoms with Gasteiger partial charge in [-0.25, -0.2) is 0 Å². The molecule has 2 aliphatic heterocycles. The van der Waals surface area contributed by atoms with Crippen LogP contribution in [0.25, 0.3) is 0 Å². The number of imide groups is 1. The summed E-state index contributed by atoms with van der Waals surface area (Å²) in [7, 11) is 0. The molecule has 2 saturated heterocycles. The third kappa shape index (κ3) is 2.63. The minimum absolute atomic E-state index is 0.0109. The maximum Gasteiger partial charge on any atom is 0.233 e. The molecule has 2 atom stereocenters. The van der Waals surface area contributed by atoms with Gasteiger partial charge in [0.05, 0.1) is 11.8 Å². The van der Waals surface area contributed by atoms with Crippen LogP contribution in [0, 0.1) is 11.8 Å². The molecule has 0 aromatic heterocycles. The monoisotopic (exact) mass is 296 g/mol. The fraction of sp³-hybridized carbons (Fsp3) is 0.733. The van der Waals surface area contributed by atoms with Crippen LogP contribution < -0.4 is 0 Å². The van der Waals surface area contributed by atoms with E-state index in [1.165, 1.54) is 24.2 Å². The summed E-state index contributed by atoms with van der Waals surface area (Å²) < 4.78 is 0. The Hall–Kier alpha value is -0.870. The second kappa shape index (κ2) is 5.86. The molecule has 20 heavy (non-hydrogen) atoms. The van der Waals surface area contributed by atoms with E-state index in [0.29, 0.717) is 19.4 Å². The van der Waals surface area contributed by atoms with Crippen LogP contribution in [0.2, 0.25) is 0 Å². The number of halogens is 1. The number of hydrogen-bond donors (Lipinski definition) is 0. The largest absolute Gasteiger partial charge is 0.302 e. The van der Waals surface area contributed by atoms with Gasteiger partial charge in [0.2, 0.25) is 11.8 Å². The fourth-order valence-electron chi connectivity index (χ4n) is 3.54. The molecular weight excluding hydrogens is 276 g/mol. The molecule has 5 heteroatoms. The molecule has 0 N–H and O–H groups in total.